The summed E-state index contributed by atoms with van der Waals surface area (Å²) >= 11 is 1.69. The van der Waals surface area contributed by atoms with E-state index in [9.17, 15) is 0 Å². The Morgan fingerprint density at radius 2 is 2.14 bits per heavy atom. The molecule has 0 fully saturated rings. The monoisotopic (exact) mass is 213 g/mol. The highest BCUT2D eigenvalue weighted by Crippen LogP contribution is 2.37. The molecule has 1 heterocycles. The summed E-state index contributed by atoms with van der Waals surface area (Å²) in [5.74, 6) is 0. The van der Waals surface area contributed by atoms with Crippen molar-refractivity contribution in [2.24, 2.45) is 5.41 Å². The Kier molecular flexibility index (Phi) is 3.67. The molecule has 0 aliphatic carbocycles. The van der Waals surface area contributed by atoms with Gasteiger partial charge >= 0.3 is 0 Å². The maximum absolute atomic E-state index is 5.75. The van der Waals surface area contributed by atoms with E-state index in [1.54, 1.807) is 11.3 Å². The van der Waals surface area contributed by atoms with Crippen LogP contribution in [0.5, 0.6) is 0 Å². The number of aryl methyl sites for hydroxylation is 1. The summed E-state index contributed by atoms with van der Waals surface area (Å²) in [4.78, 5) is 4.49. The summed E-state index contributed by atoms with van der Waals surface area (Å²) in [6, 6.07) is 0. The second kappa shape index (κ2) is 4.41. The summed E-state index contributed by atoms with van der Waals surface area (Å²) in [5, 5.41) is 3.17. The van der Waals surface area contributed by atoms with Crippen molar-refractivity contribution in [2.75, 3.05) is 6.61 Å². The predicted molar refractivity (Wildman–Crippen MR) is 60.7 cm³/mol. The molecule has 1 rings (SSSR count). The first kappa shape index (κ1) is 11.7. The molecule has 0 spiro atoms. The molecule has 0 radical (unpaired) electrons. The van der Waals surface area contributed by atoms with E-state index in [1.165, 1.54) is 0 Å². The highest BCUT2D eigenvalue weighted by Gasteiger charge is 2.28. The Balaban J connectivity index is 2.88. The summed E-state index contributed by atoms with van der Waals surface area (Å²) in [5.41, 5.74) is 1.19. The van der Waals surface area contributed by atoms with Crippen LogP contribution in [0.25, 0.3) is 0 Å². The van der Waals surface area contributed by atoms with E-state index in [0.29, 0.717) is 0 Å². The van der Waals surface area contributed by atoms with E-state index in [1.807, 2.05) is 13.8 Å². The van der Waals surface area contributed by atoms with Crippen LogP contribution in [-0.2, 0) is 4.74 Å². The van der Waals surface area contributed by atoms with Crippen molar-refractivity contribution < 1.29 is 4.74 Å². The number of hydrogen-bond donors (Lipinski definition) is 0. The molecule has 1 unspecified atom stereocenters. The normalized spacial score (nSPS) is 14.4. The number of aromatic nitrogens is 1. The van der Waals surface area contributed by atoms with Gasteiger partial charge in [0.15, 0.2) is 0 Å². The van der Waals surface area contributed by atoms with Gasteiger partial charge in [0, 0.05) is 17.7 Å². The molecular weight excluding hydrogens is 194 g/mol. The van der Waals surface area contributed by atoms with Crippen LogP contribution in [0.15, 0.2) is 5.38 Å². The fraction of sp³-hybridized carbons (Fsp3) is 0.727. The minimum atomic E-state index is 0.111. The van der Waals surface area contributed by atoms with Crippen molar-refractivity contribution in [1.29, 1.82) is 0 Å². The number of hydrogen-bond acceptors (Lipinski definition) is 3. The fourth-order valence-electron chi connectivity index (χ4n) is 1.35. The number of rotatable bonds is 3. The van der Waals surface area contributed by atoms with Crippen LogP contribution in [0.1, 0.15) is 44.5 Å². The molecule has 1 aromatic rings. The molecule has 0 amide bonds. The van der Waals surface area contributed by atoms with Crippen molar-refractivity contribution in [3.05, 3.63) is 16.1 Å². The third-order valence-corrected chi connectivity index (χ3v) is 2.99. The molecule has 0 aliphatic heterocycles. The largest absolute Gasteiger partial charge is 0.371 e. The predicted octanol–water partition coefficient (Wildman–Crippen LogP) is 3.58. The summed E-state index contributed by atoms with van der Waals surface area (Å²) in [6.07, 6.45) is 0.117. The van der Waals surface area contributed by atoms with Crippen molar-refractivity contribution in [1.82, 2.24) is 4.98 Å². The van der Waals surface area contributed by atoms with Gasteiger partial charge in [-0.25, -0.2) is 4.98 Å². The van der Waals surface area contributed by atoms with Crippen LogP contribution in [0.2, 0.25) is 0 Å². The SMILES string of the molecule is CCOC(c1nc(C)cs1)C(C)(C)C. The Bertz CT molecular complexity index is 288. The van der Waals surface area contributed by atoms with Gasteiger partial charge in [0.05, 0.1) is 0 Å². The first-order valence-electron chi connectivity index (χ1n) is 4.98. The molecule has 0 saturated heterocycles. The molecule has 1 aromatic heterocycles. The van der Waals surface area contributed by atoms with E-state index < -0.39 is 0 Å². The van der Waals surface area contributed by atoms with E-state index in [0.717, 1.165) is 17.3 Å². The Hall–Kier alpha value is -0.410. The van der Waals surface area contributed by atoms with Gasteiger partial charge in [-0.2, -0.15) is 0 Å². The molecule has 0 aliphatic rings. The summed E-state index contributed by atoms with van der Waals surface area (Å²) in [6.45, 7) is 11.3. The van der Waals surface area contributed by atoms with E-state index in [4.69, 9.17) is 4.74 Å². The van der Waals surface area contributed by atoms with Gasteiger partial charge in [0.2, 0.25) is 0 Å². The zero-order valence-electron chi connectivity index (χ0n) is 9.63. The molecule has 3 heteroatoms. The number of nitrogens with zero attached hydrogens (tertiary/aromatic N) is 1. The lowest BCUT2D eigenvalue weighted by atomic mass is 9.89. The Labute approximate surface area is 90.3 Å². The van der Waals surface area contributed by atoms with Gasteiger partial charge in [0.1, 0.15) is 11.1 Å². The zero-order chi connectivity index (χ0) is 10.8. The molecule has 0 bridgehead atoms. The van der Waals surface area contributed by atoms with Crippen LogP contribution >= 0.6 is 11.3 Å². The minimum Gasteiger partial charge on any atom is -0.371 e. The third kappa shape index (κ3) is 2.79. The lowest BCUT2D eigenvalue weighted by Gasteiger charge is -2.28. The number of ether oxygens (including phenoxy) is 1. The second-order valence-corrected chi connectivity index (χ2v) is 5.42. The summed E-state index contributed by atoms with van der Waals surface area (Å²) in [7, 11) is 0. The van der Waals surface area contributed by atoms with Crippen molar-refractivity contribution in [3.63, 3.8) is 0 Å². The standard InChI is InChI=1S/C11H19NOS/c1-6-13-9(11(3,4)5)10-12-8(2)7-14-10/h7,9H,6H2,1-5H3. The Morgan fingerprint density at radius 1 is 1.50 bits per heavy atom. The molecule has 0 N–H and O–H groups in total. The van der Waals surface area contributed by atoms with Crippen LogP contribution < -0.4 is 0 Å². The first-order valence-corrected chi connectivity index (χ1v) is 5.86. The smallest absolute Gasteiger partial charge is 0.122 e. The van der Waals surface area contributed by atoms with E-state index in [-0.39, 0.29) is 11.5 Å². The molecule has 2 nitrogen and oxygen atoms in total. The van der Waals surface area contributed by atoms with E-state index in [2.05, 4.69) is 31.1 Å². The maximum Gasteiger partial charge on any atom is 0.122 e. The second-order valence-electron chi connectivity index (χ2n) is 4.53. The zero-order valence-corrected chi connectivity index (χ0v) is 10.4. The van der Waals surface area contributed by atoms with Gasteiger partial charge < -0.3 is 4.74 Å². The molecule has 0 aromatic carbocycles. The molecule has 0 saturated carbocycles. The minimum absolute atomic E-state index is 0.111. The van der Waals surface area contributed by atoms with Gasteiger partial charge in [-0.3, -0.25) is 0 Å². The molecule has 14 heavy (non-hydrogen) atoms. The van der Waals surface area contributed by atoms with Crippen LogP contribution in [0, 0.1) is 12.3 Å². The fourth-order valence-corrected chi connectivity index (χ4v) is 2.44. The van der Waals surface area contributed by atoms with Crippen LogP contribution in [-0.4, -0.2) is 11.6 Å². The van der Waals surface area contributed by atoms with E-state index >= 15 is 0 Å². The van der Waals surface area contributed by atoms with Gasteiger partial charge in [-0.15, -0.1) is 11.3 Å². The summed E-state index contributed by atoms with van der Waals surface area (Å²) < 4.78 is 5.75. The third-order valence-electron chi connectivity index (χ3n) is 1.98. The maximum atomic E-state index is 5.75. The lowest BCUT2D eigenvalue weighted by Crippen LogP contribution is -2.21. The molecule has 1 atom stereocenters. The van der Waals surface area contributed by atoms with Gasteiger partial charge in [-0.1, -0.05) is 20.8 Å². The highest BCUT2D eigenvalue weighted by molar-refractivity contribution is 7.09. The van der Waals surface area contributed by atoms with Gasteiger partial charge in [-0.05, 0) is 19.3 Å². The molecule has 80 valence electrons. The topological polar surface area (TPSA) is 22.1 Å². The van der Waals surface area contributed by atoms with Gasteiger partial charge in [0.25, 0.3) is 0 Å². The van der Waals surface area contributed by atoms with Crippen molar-refractivity contribution >= 4 is 11.3 Å². The van der Waals surface area contributed by atoms with Crippen molar-refractivity contribution in [2.45, 2.75) is 40.7 Å². The van der Waals surface area contributed by atoms with Crippen LogP contribution in [0.4, 0.5) is 0 Å². The van der Waals surface area contributed by atoms with Crippen LogP contribution in [0.3, 0.4) is 0 Å². The molecular formula is C11H19NOS. The van der Waals surface area contributed by atoms with Crippen molar-refractivity contribution in [3.8, 4) is 0 Å². The first-order chi connectivity index (χ1) is 6.45. The highest BCUT2D eigenvalue weighted by atomic mass is 32.1. The Morgan fingerprint density at radius 3 is 2.50 bits per heavy atom. The average molecular weight is 213 g/mol. The quantitative estimate of drug-likeness (QED) is 0.765. The average Bonchev–Trinajstić information content (AvgIpc) is 2.45. The lowest BCUT2D eigenvalue weighted by molar-refractivity contribution is -0.0134. The number of thiazole rings is 1.